The Morgan fingerprint density at radius 2 is 0.643 bits per heavy atom. The minimum atomic E-state index is -6.03. The molecule has 0 aromatic rings. The van der Waals surface area contributed by atoms with Crippen LogP contribution in [0.4, 0.5) is 0 Å². The molecule has 0 spiro atoms. The summed E-state index contributed by atoms with van der Waals surface area (Å²) in [6.45, 7) is 0. The maximum atomic E-state index is 8.58. The van der Waals surface area contributed by atoms with E-state index in [0.29, 0.717) is 0 Å². The van der Waals surface area contributed by atoms with Gasteiger partial charge in [0.2, 0.25) is 0 Å². The van der Waals surface area contributed by atoms with Crippen molar-refractivity contribution in [2.24, 2.45) is 0 Å². The second-order valence-corrected chi connectivity index (χ2v) is 7.00. The van der Waals surface area contributed by atoms with Gasteiger partial charge in [0.25, 0.3) is 0 Å². The molecule has 14 heavy (non-hydrogen) atoms. The fraction of sp³-hybridized carbons (Fsp3) is 0. The zero-order valence-corrected chi connectivity index (χ0v) is 7.76. The Hall–Kier alpha value is -2.59. The molecule has 0 aliphatic heterocycles. The summed E-state index contributed by atoms with van der Waals surface area (Å²) < 4.78 is 0. The van der Waals surface area contributed by atoms with Crippen LogP contribution >= 0.6 is 0 Å². The fourth-order valence-electron chi connectivity index (χ4n) is 0.250. The monoisotopic (exact) mass is 232 g/mol. The van der Waals surface area contributed by atoms with E-state index in [-0.39, 0.29) is 6.15 Å². The standard InChI is InChI=1S/6CN.Co.H3N/c6*1-2;;/h;;;;;;;1H3. The molecule has 0 aromatic carbocycles. The molecule has 0 rings (SSSR count). The molecule has 0 aromatic heterocycles. The van der Waals surface area contributed by atoms with E-state index in [0.717, 1.165) is 30.0 Å². The summed E-state index contributed by atoms with van der Waals surface area (Å²) in [4.78, 5) is 0. The molecule has 8 heteroatoms. The van der Waals surface area contributed by atoms with Gasteiger partial charge in [-0.3, -0.25) is 0 Å². The van der Waals surface area contributed by atoms with Crippen molar-refractivity contribution in [3.8, 4) is 30.0 Å². The first-order chi connectivity index (χ1) is 5.97. The third-order valence-corrected chi connectivity index (χ3v) is 4.61. The SMILES string of the molecule is N.N#[C][Co]([C]#N)([C]#N)([C]#N)([C]#N)[C]#N. The van der Waals surface area contributed by atoms with Crippen molar-refractivity contribution in [2.45, 2.75) is 0 Å². The van der Waals surface area contributed by atoms with Gasteiger partial charge >= 0.3 is 72.1 Å². The maximum absolute atomic E-state index is 8.58. The molecule has 0 saturated carbocycles. The van der Waals surface area contributed by atoms with E-state index in [9.17, 15) is 0 Å². The van der Waals surface area contributed by atoms with Gasteiger partial charge in [-0.15, -0.1) is 0 Å². The Labute approximate surface area is 78.7 Å². The van der Waals surface area contributed by atoms with Gasteiger partial charge in [-0.05, 0) is 0 Å². The van der Waals surface area contributed by atoms with Crippen LogP contribution in [0.25, 0.3) is 0 Å². The number of nitriles is 6. The zero-order chi connectivity index (χ0) is 10.7. The average molecular weight is 232 g/mol. The normalized spacial score (nSPS) is 12.4. The molecule has 0 bridgehead atoms. The Bertz CT molecular complexity index is 388. The zero-order valence-electron chi connectivity index (χ0n) is 6.72. The van der Waals surface area contributed by atoms with E-state index in [1.54, 1.807) is 0 Å². The van der Waals surface area contributed by atoms with Gasteiger partial charge in [0.1, 0.15) is 0 Å². The fourth-order valence-corrected chi connectivity index (χ4v) is 1.03. The molecule has 0 fully saturated rings. The predicted molar refractivity (Wildman–Crippen MR) is 38.7 cm³/mol. The molecule has 0 aliphatic carbocycles. The van der Waals surface area contributed by atoms with E-state index in [1.165, 1.54) is 0 Å². The first-order valence-corrected chi connectivity index (χ1v) is 5.46. The molecule has 0 heterocycles. The van der Waals surface area contributed by atoms with Crippen LogP contribution in [0.3, 0.4) is 0 Å². The van der Waals surface area contributed by atoms with Crippen LogP contribution in [0.1, 0.15) is 0 Å². The third-order valence-electron chi connectivity index (χ3n) is 1.12. The summed E-state index contributed by atoms with van der Waals surface area (Å²) in [5.74, 6) is 0. The van der Waals surface area contributed by atoms with Crippen LogP contribution in [0, 0.1) is 61.6 Å². The number of nitrogens with zero attached hydrogens (tertiary/aromatic N) is 6. The van der Waals surface area contributed by atoms with Gasteiger partial charge in [-0.2, -0.15) is 0 Å². The third kappa shape index (κ3) is 0.885. The summed E-state index contributed by atoms with van der Waals surface area (Å²) in [6.07, 6.45) is 0. The van der Waals surface area contributed by atoms with Crippen molar-refractivity contribution < 1.29 is 10.5 Å². The Morgan fingerprint density at radius 3 is 0.643 bits per heavy atom. The topological polar surface area (TPSA) is 178 Å². The summed E-state index contributed by atoms with van der Waals surface area (Å²) in [5.41, 5.74) is 0. The second kappa shape index (κ2) is 2.72. The Kier molecular flexibility index (Phi) is 2.71. The molecule has 7 nitrogen and oxygen atoms in total. The van der Waals surface area contributed by atoms with Crippen LogP contribution < -0.4 is 6.15 Å². The van der Waals surface area contributed by atoms with E-state index in [4.69, 9.17) is 31.6 Å². The summed E-state index contributed by atoms with van der Waals surface area (Å²) in [5, 5.41) is 57.6. The van der Waals surface area contributed by atoms with E-state index < -0.39 is 10.5 Å². The van der Waals surface area contributed by atoms with Crippen molar-refractivity contribution >= 4 is 0 Å². The number of hydrogen-bond donors (Lipinski definition) is 1. The van der Waals surface area contributed by atoms with Gasteiger partial charge in [-0.1, -0.05) is 0 Å². The van der Waals surface area contributed by atoms with Crippen LogP contribution in [0.2, 0.25) is 0 Å². The van der Waals surface area contributed by atoms with Crippen molar-refractivity contribution in [1.29, 1.82) is 31.6 Å². The van der Waals surface area contributed by atoms with Crippen LogP contribution in [0.5, 0.6) is 0 Å². The molecular weight excluding hydrogens is 229 g/mol. The molecule has 3 N–H and O–H groups in total. The second-order valence-electron chi connectivity index (χ2n) is 1.70. The summed E-state index contributed by atoms with van der Waals surface area (Å²) in [7, 11) is -6.03. The molecule has 0 unspecified atom stereocenters. The van der Waals surface area contributed by atoms with Crippen LogP contribution in [0.15, 0.2) is 0 Å². The van der Waals surface area contributed by atoms with Gasteiger partial charge < -0.3 is 6.15 Å². The molecule has 71 valence electrons. The van der Waals surface area contributed by atoms with Crippen LogP contribution in [-0.4, -0.2) is 0 Å². The van der Waals surface area contributed by atoms with Gasteiger partial charge in [0, 0.05) is 0 Å². The van der Waals surface area contributed by atoms with E-state index in [1.807, 2.05) is 0 Å². The quantitative estimate of drug-likeness (QED) is 0.621. The van der Waals surface area contributed by atoms with Crippen molar-refractivity contribution in [2.75, 3.05) is 0 Å². The van der Waals surface area contributed by atoms with Crippen molar-refractivity contribution in [3.63, 3.8) is 0 Å². The Balaban J connectivity index is 0. The molecule has 0 aliphatic rings. The van der Waals surface area contributed by atoms with E-state index >= 15 is 0 Å². The van der Waals surface area contributed by atoms with Gasteiger partial charge in [0.15, 0.2) is 0 Å². The van der Waals surface area contributed by atoms with Crippen molar-refractivity contribution in [3.05, 3.63) is 0 Å². The minimum absolute atomic E-state index is 0. The summed E-state index contributed by atoms with van der Waals surface area (Å²) in [6, 6.07) is 0. The molecule has 0 saturated heterocycles. The first kappa shape index (κ1) is 14.0. The van der Waals surface area contributed by atoms with Gasteiger partial charge in [0.05, 0.1) is 0 Å². The number of rotatable bonds is 0. The first-order valence-electron chi connectivity index (χ1n) is 2.34. The average Bonchev–Trinajstić information content (AvgIpc) is 2.26. The predicted octanol–water partition coefficient (Wildman–Crippen LogP) is 0.260. The van der Waals surface area contributed by atoms with Crippen LogP contribution in [-0.2, 0) is 10.5 Å². The van der Waals surface area contributed by atoms with E-state index in [2.05, 4.69) is 0 Å². The molecular formula is C6H3CoN7. The van der Waals surface area contributed by atoms with Crippen molar-refractivity contribution in [1.82, 2.24) is 6.15 Å². The Morgan fingerprint density at radius 1 is 0.500 bits per heavy atom. The summed E-state index contributed by atoms with van der Waals surface area (Å²) >= 11 is 0. The molecule has 0 amide bonds. The van der Waals surface area contributed by atoms with Gasteiger partial charge in [-0.25, -0.2) is 0 Å². The molecule has 0 atom stereocenters. The number of hydrogen-bond acceptors (Lipinski definition) is 7. The molecule has 0 radical (unpaired) electrons.